The molecule has 0 aliphatic carbocycles. The van der Waals surface area contributed by atoms with Crippen LogP contribution in [0.4, 0.5) is 0 Å². The van der Waals surface area contributed by atoms with Gasteiger partial charge in [0.15, 0.2) is 0 Å². The molecule has 1 saturated heterocycles. The molecule has 1 N–H and O–H groups in total. The topological polar surface area (TPSA) is 85.3 Å². The normalized spacial score (nSPS) is 17.5. The third-order valence-corrected chi connectivity index (χ3v) is 5.70. The molecule has 2 aromatic rings. The molecule has 0 spiro atoms. The molecule has 8 heteroatoms. The van der Waals surface area contributed by atoms with E-state index in [4.69, 9.17) is 25.8 Å². The fourth-order valence-electron chi connectivity index (χ4n) is 3.97. The molecule has 182 valence electrons. The van der Waals surface area contributed by atoms with E-state index in [0.29, 0.717) is 36.7 Å². The first-order chi connectivity index (χ1) is 16.3. The molecule has 34 heavy (non-hydrogen) atoms. The number of hydrogen-bond donors (Lipinski definition) is 1. The fraction of sp³-hybridized carbons (Fsp3) is 0.385. The van der Waals surface area contributed by atoms with Crippen LogP contribution in [0.3, 0.4) is 0 Å². The molecule has 7 nitrogen and oxygen atoms in total. The number of hydrogen-bond acceptors (Lipinski definition) is 6. The number of ketones is 1. The highest BCUT2D eigenvalue weighted by molar-refractivity contribution is 6.47. The van der Waals surface area contributed by atoms with Crippen LogP contribution in [-0.4, -0.2) is 54.7 Å². The molecule has 1 amide bonds. The largest absolute Gasteiger partial charge is 0.507 e. The second kappa shape index (κ2) is 11.4. The van der Waals surface area contributed by atoms with Gasteiger partial charge in [-0.25, -0.2) is 0 Å². The number of nitrogens with zero attached hydrogens (tertiary/aromatic N) is 1. The predicted molar refractivity (Wildman–Crippen MR) is 130 cm³/mol. The van der Waals surface area contributed by atoms with E-state index >= 15 is 0 Å². The van der Waals surface area contributed by atoms with Gasteiger partial charge < -0.3 is 24.2 Å². The van der Waals surface area contributed by atoms with E-state index in [1.807, 2.05) is 26.8 Å². The van der Waals surface area contributed by atoms with Crippen LogP contribution in [0.2, 0.25) is 5.02 Å². The Kier molecular flexibility index (Phi) is 8.58. The van der Waals surface area contributed by atoms with Gasteiger partial charge in [0.05, 0.1) is 29.3 Å². The molecule has 1 aliphatic heterocycles. The Morgan fingerprint density at radius 3 is 2.59 bits per heavy atom. The van der Waals surface area contributed by atoms with Crippen molar-refractivity contribution in [2.75, 3.05) is 26.9 Å². The molecule has 1 heterocycles. The van der Waals surface area contributed by atoms with Crippen LogP contribution in [0, 0.1) is 0 Å². The number of methoxy groups -OCH3 is 1. The smallest absolute Gasteiger partial charge is 0.295 e. The third-order valence-electron chi connectivity index (χ3n) is 5.37. The van der Waals surface area contributed by atoms with Crippen LogP contribution in [-0.2, 0) is 14.3 Å². The molecule has 0 radical (unpaired) electrons. The minimum atomic E-state index is -0.848. The summed E-state index contributed by atoms with van der Waals surface area (Å²) in [7, 11) is 1.57. The Morgan fingerprint density at radius 1 is 1.18 bits per heavy atom. The minimum Gasteiger partial charge on any atom is -0.507 e. The van der Waals surface area contributed by atoms with Crippen molar-refractivity contribution in [1.29, 1.82) is 0 Å². The SMILES string of the molecule is CCOc1ccc(Cl)c(/C(O)=C2\C(=O)C(=O)N(CCCOC)C2c2ccccc2OC(C)C)c1. The number of amides is 1. The molecular formula is C26H30ClNO6. The van der Waals surface area contributed by atoms with Gasteiger partial charge in [-0.3, -0.25) is 9.59 Å². The van der Waals surface area contributed by atoms with Gasteiger partial charge in [-0.2, -0.15) is 0 Å². The lowest BCUT2D eigenvalue weighted by molar-refractivity contribution is -0.140. The van der Waals surface area contributed by atoms with Gasteiger partial charge in [-0.1, -0.05) is 29.8 Å². The van der Waals surface area contributed by atoms with E-state index < -0.39 is 17.7 Å². The number of halogens is 1. The molecule has 1 atom stereocenters. The molecule has 0 aromatic heterocycles. The highest BCUT2D eigenvalue weighted by atomic mass is 35.5. The molecular weight excluding hydrogens is 458 g/mol. The van der Waals surface area contributed by atoms with Crippen LogP contribution >= 0.6 is 11.6 Å². The number of rotatable bonds is 10. The summed E-state index contributed by atoms with van der Waals surface area (Å²) in [5.41, 5.74) is 0.777. The Balaban J connectivity index is 2.21. The molecule has 1 fully saturated rings. The molecule has 0 saturated carbocycles. The van der Waals surface area contributed by atoms with Crippen molar-refractivity contribution in [1.82, 2.24) is 4.90 Å². The highest BCUT2D eigenvalue weighted by Gasteiger charge is 2.47. The van der Waals surface area contributed by atoms with Gasteiger partial charge in [0.25, 0.3) is 11.7 Å². The van der Waals surface area contributed by atoms with Gasteiger partial charge in [0, 0.05) is 31.4 Å². The summed E-state index contributed by atoms with van der Waals surface area (Å²) < 4.78 is 16.7. The van der Waals surface area contributed by atoms with E-state index in [-0.39, 0.29) is 34.6 Å². The second-order valence-electron chi connectivity index (χ2n) is 8.12. The average molecular weight is 488 g/mol. The van der Waals surface area contributed by atoms with Crippen molar-refractivity contribution in [3.8, 4) is 11.5 Å². The first-order valence-corrected chi connectivity index (χ1v) is 11.6. The maximum Gasteiger partial charge on any atom is 0.295 e. The molecule has 1 aliphatic rings. The number of carbonyl (C=O) groups is 2. The number of aliphatic hydroxyl groups is 1. The fourth-order valence-corrected chi connectivity index (χ4v) is 4.18. The first kappa shape index (κ1) is 25.6. The van der Waals surface area contributed by atoms with Crippen molar-refractivity contribution in [3.05, 3.63) is 64.2 Å². The summed E-state index contributed by atoms with van der Waals surface area (Å²) in [6.45, 7) is 6.73. The average Bonchev–Trinajstić information content (AvgIpc) is 3.05. The van der Waals surface area contributed by atoms with E-state index in [0.717, 1.165) is 0 Å². The lowest BCUT2D eigenvalue weighted by atomic mass is 9.94. The lowest BCUT2D eigenvalue weighted by Gasteiger charge is -2.27. The van der Waals surface area contributed by atoms with Gasteiger partial charge in [0.2, 0.25) is 0 Å². The lowest BCUT2D eigenvalue weighted by Crippen LogP contribution is -2.31. The van der Waals surface area contributed by atoms with Crippen LogP contribution in [0.1, 0.15) is 44.4 Å². The molecule has 0 bridgehead atoms. The molecule has 1 unspecified atom stereocenters. The van der Waals surface area contributed by atoms with Crippen molar-refractivity contribution < 1.29 is 28.9 Å². The zero-order valence-electron chi connectivity index (χ0n) is 19.8. The number of Topliss-reactive ketones (excluding diaryl/α,β-unsaturated/α-hetero) is 1. The minimum absolute atomic E-state index is 0.0437. The summed E-state index contributed by atoms with van der Waals surface area (Å²) in [5, 5.41) is 11.6. The van der Waals surface area contributed by atoms with Gasteiger partial charge in [0.1, 0.15) is 17.3 Å². The number of ether oxygens (including phenoxy) is 3. The van der Waals surface area contributed by atoms with Crippen LogP contribution in [0.25, 0.3) is 5.76 Å². The Morgan fingerprint density at radius 2 is 1.91 bits per heavy atom. The van der Waals surface area contributed by atoms with Gasteiger partial charge >= 0.3 is 0 Å². The predicted octanol–water partition coefficient (Wildman–Crippen LogP) is 4.98. The summed E-state index contributed by atoms with van der Waals surface area (Å²) in [6, 6.07) is 11.2. The van der Waals surface area contributed by atoms with Crippen molar-refractivity contribution in [2.24, 2.45) is 0 Å². The number of benzene rings is 2. The summed E-state index contributed by atoms with van der Waals surface area (Å²) >= 11 is 6.39. The van der Waals surface area contributed by atoms with Gasteiger partial charge in [-0.05, 0) is 51.5 Å². The second-order valence-corrected chi connectivity index (χ2v) is 8.53. The van der Waals surface area contributed by atoms with E-state index in [1.54, 1.807) is 43.5 Å². The summed E-state index contributed by atoms with van der Waals surface area (Å²) in [5.74, 6) is -0.816. The first-order valence-electron chi connectivity index (χ1n) is 11.3. The number of carbonyl (C=O) groups excluding carboxylic acids is 2. The molecule has 3 rings (SSSR count). The van der Waals surface area contributed by atoms with Gasteiger partial charge in [-0.15, -0.1) is 0 Å². The maximum atomic E-state index is 13.2. The third kappa shape index (κ3) is 5.37. The Bertz CT molecular complexity index is 1080. The Labute approximate surface area is 204 Å². The van der Waals surface area contributed by atoms with Crippen molar-refractivity contribution in [3.63, 3.8) is 0 Å². The Hall–Kier alpha value is -3.03. The van der Waals surface area contributed by atoms with Crippen molar-refractivity contribution >= 4 is 29.1 Å². The highest BCUT2D eigenvalue weighted by Crippen LogP contribution is 2.44. The van der Waals surface area contributed by atoms with Crippen molar-refractivity contribution in [2.45, 2.75) is 39.3 Å². The molecule has 2 aromatic carbocycles. The van der Waals surface area contributed by atoms with E-state index in [9.17, 15) is 14.7 Å². The maximum absolute atomic E-state index is 13.2. The quantitative estimate of drug-likeness (QED) is 0.220. The standard InChI is InChI=1S/C26H30ClNO6/c1-5-33-17-11-12-20(27)19(15-17)24(29)22-23(18-9-6-7-10-21(18)34-16(2)3)28(13-8-14-32-4)26(31)25(22)30/h6-7,9-12,15-16,23,29H,5,8,13-14H2,1-4H3/b24-22+. The zero-order chi connectivity index (χ0) is 24.8. The number of aliphatic hydroxyl groups excluding tert-OH is 1. The van der Waals surface area contributed by atoms with Crippen LogP contribution in [0.15, 0.2) is 48.0 Å². The van der Waals surface area contributed by atoms with Crippen LogP contribution in [0.5, 0.6) is 11.5 Å². The zero-order valence-corrected chi connectivity index (χ0v) is 20.6. The number of para-hydroxylation sites is 1. The van der Waals surface area contributed by atoms with E-state index in [2.05, 4.69) is 0 Å². The van der Waals surface area contributed by atoms with E-state index in [1.165, 1.54) is 4.90 Å². The summed E-state index contributed by atoms with van der Waals surface area (Å²) in [6.07, 6.45) is 0.391. The monoisotopic (exact) mass is 487 g/mol. The summed E-state index contributed by atoms with van der Waals surface area (Å²) in [4.78, 5) is 27.8. The number of likely N-dealkylation sites (tertiary alicyclic amines) is 1. The van der Waals surface area contributed by atoms with Crippen LogP contribution < -0.4 is 9.47 Å².